The molecular formula is C19H20N4O3. The molecule has 3 rings (SSSR count). The van der Waals surface area contributed by atoms with Crippen molar-refractivity contribution >= 4 is 5.91 Å². The number of carbonyl (C=O) groups is 1. The number of hydrogen-bond acceptors (Lipinski definition) is 5. The molecule has 0 atom stereocenters. The fourth-order valence-corrected chi connectivity index (χ4v) is 2.45. The van der Waals surface area contributed by atoms with Crippen molar-refractivity contribution in [2.45, 2.75) is 6.54 Å². The average Bonchev–Trinajstić information content (AvgIpc) is 3.11. The Hall–Kier alpha value is -3.35. The molecule has 2 heterocycles. The molecule has 0 aliphatic heterocycles. The van der Waals surface area contributed by atoms with Gasteiger partial charge in [-0.05, 0) is 42.0 Å². The lowest BCUT2D eigenvalue weighted by molar-refractivity contribution is -0.123. The second-order valence-corrected chi connectivity index (χ2v) is 5.66. The molecule has 0 radical (unpaired) electrons. The van der Waals surface area contributed by atoms with Crippen molar-refractivity contribution in [2.24, 2.45) is 7.05 Å². The highest BCUT2D eigenvalue weighted by atomic mass is 16.5. The summed E-state index contributed by atoms with van der Waals surface area (Å²) in [4.78, 5) is 16.2. The monoisotopic (exact) mass is 352 g/mol. The molecule has 2 aromatic heterocycles. The van der Waals surface area contributed by atoms with Crippen LogP contribution in [0.1, 0.15) is 5.56 Å². The van der Waals surface area contributed by atoms with E-state index in [1.54, 1.807) is 54.6 Å². The van der Waals surface area contributed by atoms with Gasteiger partial charge in [-0.3, -0.25) is 14.5 Å². The molecule has 0 fully saturated rings. The minimum Gasteiger partial charge on any atom is -0.497 e. The number of pyridine rings is 1. The van der Waals surface area contributed by atoms with Gasteiger partial charge in [-0.1, -0.05) is 0 Å². The SMILES string of the molecule is COc1ccc(OCC(=O)NCc2cncc(-c3ccnn3C)c2)cc1. The molecule has 1 aromatic carbocycles. The Bertz CT molecular complexity index is 875. The largest absolute Gasteiger partial charge is 0.497 e. The van der Waals surface area contributed by atoms with Crippen LogP contribution in [0, 0.1) is 0 Å². The Kier molecular flexibility index (Phi) is 5.48. The molecule has 0 saturated carbocycles. The second kappa shape index (κ2) is 8.15. The first-order valence-corrected chi connectivity index (χ1v) is 8.11. The lowest BCUT2D eigenvalue weighted by atomic mass is 10.1. The number of aryl methyl sites for hydroxylation is 1. The summed E-state index contributed by atoms with van der Waals surface area (Å²) in [5, 5.41) is 6.98. The molecule has 134 valence electrons. The Morgan fingerprint density at radius 3 is 2.62 bits per heavy atom. The van der Waals surface area contributed by atoms with Crippen LogP contribution >= 0.6 is 0 Å². The van der Waals surface area contributed by atoms with Crippen molar-refractivity contribution in [3.8, 4) is 22.8 Å². The highest BCUT2D eigenvalue weighted by Crippen LogP contribution is 2.18. The molecular weight excluding hydrogens is 332 g/mol. The van der Waals surface area contributed by atoms with Crippen LogP contribution in [0.2, 0.25) is 0 Å². The number of methoxy groups -OCH3 is 1. The Labute approximate surface area is 151 Å². The second-order valence-electron chi connectivity index (χ2n) is 5.66. The summed E-state index contributed by atoms with van der Waals surface area (Å²) in [6.07, 6.45) is 5.24. The van der Waals surface area contributed by atoms with E-state index in [0.29, 0.717) is 12.3 Å². The van der Waals surface area contributed by atoms with E-state index < -0.39 is 0 Å². The van der Waals surface area contributed by atoms with Gasteiger partial charge in [0.15, 0.2) is 6.61 Å². The van der Waals surface area contributed by atoms with Crippen LogP contribution in [-0.2, 0) is 18.4 Å². The zero-order valence-corrected chi connectivity index (χ0v) is 14.7. The van der Waals surface area contributed by atoms with E-state index in [2.05, 4.69) is 15.4 Å². The third-order valence-corrected chi connectivity index (χ3v) is 3.83. The Morgan fingerprint density at radius 2 is 1.92 bits per heavy atom. The maximum atomic E-state index is 12.0. The van der Waals surface area contributed by atoms with Gasteiger partial charge in [-0.2, -0.15) is 5.10 Å². The van der Waals surface area contributed by atoms with Gasteiger partial charge in [-0.25, -0.2) is 0 Å². The smallest absolute Gasteiger partial charge is 0.258 e. The van der Waals surface area contributed by atoms with Gasteiger partial charge in [-0.15, -0.1) is 0 Å². The molecule has 0 unspecified atom stereocenters. The summed E-state index contributed by atoms with van der Waals surface area (Å²) in [7, 11) is 3.47. The van der Waals surface area contributed by atoms with E-state index in [9.17, 15) is 4.79 Å². The van der Waals surface area contributed by atoms with Gasteiger partial charge < -0.3 is 14.8 Å². The summed E-state index contributed by atoms with van der Waals surface area (Å²) < 4.78 is 12.3. The van der Waals surface area contributed by atoms with E-state index in [1.807, 2.05) is 19.2 Å². The number of ether oxygens (including phenoxy) is 2. The number of nitrogens with zero attached hydrogens (tertiary/aromatic N) is 3. The minimum atomic E-state index is -0.202. The van der Waals surface area contributed by atoms with Crippen LogP contribution in [0.25, 0.3) is 11.3 Å². The molecule has 1 N–H and O–H groups in total. The van der Waals surface area contributed by atoms with Crippen molar-refractivity contribution in [3.63, 3.8) is 0 Å². The predicted molar refractivity (Wildman–Crippen MR) is 96.8 cm³/mol. The van der Waals surface area contributed by atoms with Crippen LogP contribution in [0.4, 0.5) is 0 Å². The van der Waals surface area contributed by atoms with Gasteiger partial charge in [0, 0.05) is 37.7 Å². The molecule has 0 aliphatic rings. The summed E-state index contributed by atoms with van der Waals surface area (Å²) >= 11 is 0. The molecule has 1 amide bonds. The van der Waals surface area contributed by atoms with Crippen LogP contribution in [0.3, 0.4) is 0 Å². The standard InChI is InChI=1S/C19H20N4O3/c1-23-18(7-8-22-23)15-9-14(10-20-12-15)11-21-19(24)13-26-17-5-3-16(25-2)4-6-17/h3-10,12H,11,13H2,1-2H3,(H,21,24). The third kappa shape index (κ3) is 4.38. The zero-order valence-electron chi connectivity index (χ0n) is 14.7. The van der Waals surface area contributed by atoms with Crippen LogP contribution in [-0.4, -0.2) is 34.4 Å². The summed E-state index contributed by atoms with van der Waals surface area (Å²) in [5.41, 5.74) is 2.82. The van der Waals surface area contributed by atoms with Crippen molar-refractivity contribution in [3.05, 3.63) is 60.6 Å². The van der Waals surface area contributed by atoms with E-state index in [1.165, 1.54) is 0 Å². The summed E-state index contributed by atoms with van der Waals surface area (Å²) in [6.45, 7) is 0.324. The first-order chi connectivity index (χ1) is 12.7. The topological polar surface area (TPSA) is 78.3 Å². The molecule has 26 heavy (non-hydrogen) atoms. The fraction of sp³-hybridized carbons (Fsp3) is 0.211. The number of rotatable bonds is 7. The van der Waals surface area contributed by atoms with Gasteiger partial charge >= 0.3 is 0 Å². The van der Waals surface area contributed by atoms with Crippen LogP contribution in [0.5, 0.6) is 11.5 Å². The molecule has 3 aromatic rings. The van der Waals surface area contributed by atoms with Crippen LogP contribution < -0.4 is 14.8 Å². The highest BCUT2D eigenvalue weighted by Gasteiger charge is 2.06. The average molecular weight is 352 g/mol. The lowest BCUT2D eigenvalue weighted by Gasteiger charge is -2.09. The van der Waals surface area contributed by atoms with Crippen molar-refractivity contribution in [1.29, 1.82) is 0 Å². The molecule has 0 saturated heterocycles. The summed E-state index contributed by atoms with van der Waals surface area (Å²) in [5.74, 6) is 1.15. The van der Waals surface area contributed by atoms with E-state index in [4.69, 9.17) is 9.47 Å². The minimum absolute atomic E-state index is 0.0544. The van der Waals surface area contributed by atoms with E-state index >= 15 is 0 Å². The third-order valence-electron chi connectivity index (χ3n) is 3.83. The summed E-state index contributed by atoms with van der Waals surface area (Å²) in [6, 6.07) is 11.0. The maximum absolute atomic E-state index is 12.0. The van der Waals surface area contributed by atoms with E-state index in [-0.39, 0.29) is 12.5 Å². The number of aromatic nitrogens is 3. The number of amides is 1. The van der Waals surface area contributed by atoms with Crippen LogP contribution in [0.15, 0.2) is 55.0 Å². The van der Waals surface area contributed by atoms with E-state index in [0.717, 1.165) is 22.6 Å². The van der Waals surface area contributed by atoms with Gasteiger partial charge in [0.05, 0.1) is 12.8 Å². The highest BCUT2D eigenvalue weighted by molar-refractivity contribution is 5.77. The number of benzene rings is 1. The lowest BCUT2D eigenvalue weighted by Crippen LogP contribution is -2.28. The van der Waals surface area contributed by atoms with Gasteiger partial charge in [0.2, 0.25) is 0 Å². The van der Waals surface area contributed by atoms with Gasteiger partial charge in [0.25, 0.3) is 5.91 Å². The van der Waals surface area contributed by atoms with Gasteiger partial charge in [0.1, 0.15) is 11.5 Å². The zero-order chi connectivity index (χ0) is 18.4. The number of hydrogen-bond donors (Lipinski definition) is 1. The molecule has 0 bridgehead atoms. The molecule has 7 heteroatoms. The fourth-order valence-electron chi connectivity index (χ4n) is 2.45. The normalized spacial score (nSPS) is 10.4. The first-order valence-electron chi connectivity index (χ1n) is 8.11. The molecule has 0 spiro atoms. The quantitative estimate of drug-likeness (QED) is 0.705. The molecule has 0 aliphatic carbocycles. The number of nitrogens with one attached hydrogen (secondary N) is 1. The maximum Gasteiger partial charge on any atom is 0.258 e. The number of carbonyl (C=O) groups excluding carboxylic acids is 1. The Balaban J connectivity index is 1.52. The predicted octanol–water partition coefficient (Wildman–Crippen LogP) is 2.19. The first kappa shape index (κ1) is 17.5. The molecule has 7 nitrogen and oxygen atoms in total. The van der Waals surface area contributed by atoms with Crippen molar-refractivity contribution in [1.82, 2.24) is 20.1 Å². The van der Waals surface area contributed by atoms with Crippen molar-refractivity contribution in [2.75, 3.05) is 13.7 Å². The van der Waals surface area contributed by atoms with Crippen molar-refractivity contribution < 1.29 is 14.3 Å². The Morgan fingerprint density at radius 1 is 1.15 bits per heavy atom.